The highest BCUT2D eigenvalue weighted by Crippen LogP contribution is 2.18. The van der Waals surface area contributed by atoms with Crippen LogP contribution < -0.4 is 16.4 Å². The number of pyridine rings is 1. The van der Waals surface area contributed by atoms with E-state index in [1.165, 1.54) is 0 Å². The van der Waals surface area contributed by atoms with Crippen molar-refractivity contribution in [3.63, 3.8) is 0 Å². The van der Waals surface area contributed by atoms with Crippen LogP contribution in [0.2, 0.25) is 0 Å². The van der Waals surface area contributed by atoms with Gasteiger partial charge in [0.15, 0.2) is 0 Å². The number of aromatic nitrogens is 1. The van der Waals surface area contributed by atoms with E-state index in [1.807, 2.05) is 41.3 Å². The van der Waals surface area contributed by atoms with E-state index in [0.29, 0.717) is 18.1 Å². The minimum Gasteiger partial charge on any atom is -0.399 e. The van der Waals surface area contributed by atoms with Crippen molar-refractivity contribution in [1.82, 2.24) is 4.98 Å². The maximum Gasteiger partial charge on any atom is 0.237 e. The molecule has 0 saturated heterocycles. The lowest BCUT2D eigenvalue weighted by atomic mass is 10.2. The van der Waals surface area contributed by atoms with Crippen LogP contribution in [0.25, 0.3) is 0 Å². The molecule has 104 valence electrons. The molecule has 1 amide bonds. The molecule has 0 radical (unpaired) electrons. The predicted octanol–water partition coefficient (Wildman–Crippen LogP) is 1.92. The summed E-state index contributed by atoms with van der Waals surface area (Å²) in [4.78, 5) is 17.3. The molecule has 0 atom stereocenters. The third-order valence-corrected chi connectivity index (χ3v) is 3.18. The molecule has 0 aliphatic heterocycles. The molecule has 0 unspecified atom stereocenters. The first-order valence-corrected chi connectivity index (χ1v) is 6.83. The predicted molar refractivity (Wildman–Crippen MR) is 83.0 cm³/mol. The monoisotopic (exact) mass is 334 g/mol. The summed E-state index contributed by atoms with van der Waals surface area (Å²) in [6, 6.07) is 11.2. The average Bonchev–Trinajstić information content (AvgIpc) is 2.38. The van der Waals surface area contributed by atoms with Gasteiger partial charge in [-0.25, -0.2) is 4.98 Å². The van der Waals surface area contributed by atoms with Gasteiger partial charge in [-0.1, -0.05) is 12.1 Å². The van der Waals surface area contributed by atoms with Crippen molar-refractivity contribution in [2.45, 2.75) is 6.54 Å². The summed E-state index contributed by atoms with van der Waals surface area (Å²) in [7, 11) is 0. The lowest BCUT2D eigenvalue weighted by Crippen LogP contribution is -2.33. The van der Waals surface area contributed by atoms with Crippen LogP contribution in [0.5, 0.6) is 0 Å². The fourth-order valence-electron chi connectivity index (χ4n) is 1.87. The van der Waals surface area contributed by atoms with E-state index in [4.69, 9.17) is 11.5 Å². The second kappa shape index (κ2) is 6.38. The molecule has 0 spiro atoms. The molecule has 1 heterocycles. The molecule has 0 bridgehead atoms. The van der Waals surface area contributed by atoms with Crippen LogP contribution in [0.1, 0.15) is 5.56 Å². The number of nitrogens with zero attached hydrogens (tertiary/aromatic N) is 2. The van der Waals surface area contributed by atoms with E-state index in [9.17, 15) is 4.79 Å². The molecule has 5 nitrogen and oxygen atoms in total. The minimum atomic E-state index is -0.404. The molecule has 0 aliphatic rings. The van der Waals surface area contributed by atoms with Crippen molar-refractivity contribution < 1.29 is 4.79 Å². The third kappa shape index (κ3) is 3.96. The summed E-state index contributed by atoms with van der Waals surface area (Å²) in [6.45, 7) is 0.617. The first-order chi connectivity index (χ1) is 9.54. The first kappa shape index (κ1) is 14.3. The van der Waals surface area contributed by atoms with Crippen LogP contribution in [0.15, 0.2) is 47.1 Å². The Morgan fingerprint density at radius 1 is 1.30 bits per heavy atom. The molecule has 0 aliphatic carbocycles. The van der Waals surface area contributed by atoms with Crippen molar-refractivity contribution in [2.75, 3.05) is 17.2 Å². The molecule has 4 N–H and O–H groups in total. The number of carbonyl (C=O) groups is 1. The van der Waals surface area contributed by atoms with Crippen LogP contribution in [0.3, 0.4) is 0 Å². The number of rotatable bonds is 5. The Kier molecular flexibility index (Phi) is 4.57. The number of nitrogens with two attached hydrogens (primary N) is 2. The van der Waals surface area contributed by atoms with Gasteiger partial charge in [-0.05, 0) is 45.8 Å². The number of benzene rings is 1. The van der Waals surface area contributed by atoms with Gasteiger partial charge in [0.2, 0.25) is 5.91 Å². The Balaban J connectivity index is 2.23. The summed E-state index contributed by atoms with van der Waals surface area (Å²) in [5.41, 5.74) is 12.7. The average molecular weight is 335 g/mol. The first-order valence-electron chi connectivity index (χ1n) is 6.04. The number of primary amides is 1. The van der Waals surface area contributed by atoms with E-state index in [-0.39, 0.29) is 6.54 Å². The highest BCUT2D eigenvalue weighted by atomic mass is 79.9. The van der Waals surface area contributed by atoms with Gasteiger partial charge in [-0.15, -0.1) is 0 Å². The Bertz CT molecular complexity index is 600. The zero-order valence-electron chi connectivity index (χ0n) is 10.8. The van der Waals surface area contributed by atoms with Gasteiger partial charge in [-0.3, -0.25) is 4.79 Å². The van der Waals surface area contributed by atoms with E-state index in [1.54, 1.807) is 6.20 Å². The van der Waals surface area contributed by atoms with Crippen molar-refractivity contribution in [2.24, 2.45) is 5.73 Å². The number of hydrogen-bond acceptors (Lipinski definition) is 4. The maximum atomic E-state index is 11.2. The van der Waals surface area contributed by atoms with Gasteiger partial charge in [0.05, 0.1) is 6.54 Å². The largest absolute Gasteiger partial charge is 0.399 e. The van der Waals surface area contributed by atoms with Crippen molar-refractivity contribution in [3.05, 3.63) is 52.6 Å². The maximum absolute atomic E-state index is 11.2. The Morgan fingerprint density at radius 2 is 2.10 bits per heavy atom. The molecule has 6 heteroatoms. The highest BCUT2D eigenvalue weighted by Gasteiger charge is 2.11. The van der Waals surface area contributed by atoms with Crippen molar-refractivity contribution in [1.29, 1.82) is 0 Å². The Labute approximate surface area is 125 Å². The summed E-state index contributed by atoms with van der Waals surface area (Å²) in [5.74, 6) is 0.285. The molecule has 1 aromatic heterocycles. The number of hydrogen-bond donors (Lipinski definition) is 2. The standard InChI is InChI=1S/C14H15BrN4O/c15-11-4-5-14(18-7-11)19(9-13(17)20)8-10-2-1-3-12(16)6-10/h1-7H,8-9,16H2,(H2,17,20). The molecule has 2 rings (SSSR count). The van der Waals surface area contributed by atoms with Gasteiger partial charge in [0, 0.05) is 22.9 Å². The van der Waals surface area contributed by atoms with Gasteiger partial charge in [-0.2, -0.15) is 0 Å². The Hall–Kier alpha value is -2.08. The number of halogens is 1. The lowest BCUT2D eigenvalue weighted by molar-refractivity contribution is -0.116. The van der Waals surface area contributed by atoms with Gasteiger partial charge in [0.25, 0.3) is 0 Å². The Morgan fingerprint density at radius 3 is 2.70 bits per heavy atom. The zero-order valence-corrected chi connectivity index (χ0v) is 12.4. The molecule has 0 saturated carbocycles. The van der Waals surface area contributed by atoms with E-state index < -0.39 is 5.91 Å². The molecular weight excluding hydrogens is 320 g/mol. The quantitative estimate of drug-likeness (QED) is 0.818. The number of nitrogen functional groups attached to an aromatic ring is 1. The van der Waals surface area contributed by atoms with Gasteiger partial charge in [0.1, 0.15) is 5.82 Å². The summed E-state index contributed by atoms with van der Waals surface area (Å²) in [6.07, 6.45) is 1.68. The number of anilines is 2. The summed E-state index contributed by atoms with van der Waals surface area (Å²) in [5, 5.41) is 0. The van der Waals surface area contributed by atoms with Gasteiger partial charge >= 0.3 is 0 Å². The van der Waals surface area contributed by atoms with E-state index in [2.05, 4.69) is 20.9 Å². The third-order valence-electron chi connectivity index (χ3n) is 2.71. The van der Waals surface area contributed by atoms with Crippen molar-refractivity contribution >= 4 is 33.3 Å². The van der Waals surface area contributed by atoms with Crippen LogP contribution in [0, 0.1) is 0 Å². The zero-order chi connectivity index (χ0) is 14.5. The smallest absolute Gasteiger partial charge is 0.237 e. The highest BCUT2D eigenvalue weighted by molar-refractivity contribution is 9.10. The topological polar surface area (TPSA) is 85.2 Å². The van der Waals surface area contributed by atoms with Crippen LogP contribution in [-0.2, 0) is 11.3 Å². The fraction of sp³-hybridized carbons (Fsp3) is 0.143. The number of carbonyl (C=O) groups excluding carboxylic acids is 1. The summed E-state index contributed by atoms with van der Waals surface area (Å²) >= 11 is 3.33. The minimum absolute atomic E-state index is 0.101. The van der Waals surface area contributed by atoms with Crippen LogP contribution >= 0.6 is 15.9 Å². The van der Waals surface area contributed by atoms with E-state index in [0.717, 1.165) is 10.0 Å². The van der Waals surface area contributed by atoms with E-state index >= 15 is 0 Å². The molecule has 20 heavy (non-hydrogen) atoms. The van der Waals surface area contributed by atoms with Crippen LogP contribution in [0.4, 0.5) is 11.5 Å². The second-order valence-electron chi connectivity index (χ2n) is 4.40. The second-order valence-corrected chi connectivity index (χ2v) is 5.32. The molecule has 2 aromatic rings. The lowest BCUT2D eigenvalue weighted by Gasteiger charge is -2.22. The summed E-state index contributed by atoms with van der Waals surface area (Å²) < 4.78 is 0.879. The molecule has 0 fully saturated rings. The van der Waals surface area contributed by atoms with Gasteiger partial charge < -0.3 is 16.4 Å². The fourth-order valence-corrected chi connectivity index (χ4v) is 2.11. The SMILES string of the molecule is NC(=O)CN(Cc1cccc(N)c1)c1ccc(Br)cn1. The number of amides is 1. The van der Waals surface area contributed by atoms with Crippen LogP contribution in [-0.4, -0.2) is 17.4 Å². The normalized spacial score (nSPS) is 10.2. The molecule has 1 aromatic carbocycles. The van der Waals surface area contributed by atoms with Crippen molar-refractivity contribution in [3.8, 4) is 0 Å². The molecular formula is C14H15BrN4O.